The van der Waals surface area contributed by atoms with Gasteiger partial charge in [0.25, 0.3) is 0 Å². The van der Waals surface area contributed by atoms with Gasteiger partial charge in [-0.3, -0.25) is 19.3 Å². The Bertz CT molecular complexity index is 402. The minimum Gasteiger partial charge on any atom is -0.481 e. The summed E-state index contributed by atoms with van der Waals surface area (Å²) in [5, 5.41) is 8.96. The van der Waals surface area contributed by atoms with Crippen molar-refractivity contribution in [2.75, 3.05) is 0 Å². The van der Waals surface area contributed by atoms with E-state index in [2.05, 4.69) is 0 Å². The van der Waals surface area contributed by atoms with Crippen LogP contribution in [0.3, 0.4) is 0 Å². The summed E-state index contributed by atoms with van der Waals surface area (Å²) in [6.07, 6.45) is -0.0182. The average molecular weight is 269 g/mol. The number of nitrogens with zero attached hydrogens (tertiary/aromatic N) is 1. The van der Waals surface area contributed by atoms with Gasteiger partial charge in [0.2, 0.25) is 11.8 Å². The van der Waals surface area contributed by atoms with Gasteiger partial charge in [0.15, 0.2) is 0 Å². The first-order valence-corrected chi connectivity index (χ1v) is 6.69. The molecule has 2 unspecified atom stereocenters. The summed E-state index contributed by atoms with van der Waals surface area (Å²) < 4.78 is 0. The Morgan fingerprint density at radius 1 is 1.32 bits per heavy atom. The monoisotopic (exact) mass is 269 g/mol. The van der Waals surface area contributed by atoms with E-state index in [0.717, 1.165) is 0 Å². The molecule has 1 rings (SSSR count). The standard InChI is InChI=1S/C14H23NO4/c1-8(2)10(6-12(17)18)15-11(16)7-14(5,9(3)4)13(15)19/h8-10H,6-7H2,1-5H3,(H,17,18). The molecule has 0 aromatic heterocycles. The summed E-state index contributed by atoms with van der Waals surface area (Å²) in [7, 11) is 0. The third-order valence-corrected chi connectivity index (χ3v) is 4.25. The van der Waals surface area contributed by atoms with Gasteiger partial charge >= 0.3 is 5.97 Å². The van der Waals surface area contributed by atoms with E-state index in [1.165, 1.54) is 4.90 Å². The maximum Gasteiger partial charge on any atom is 0.305 e. The summed E-state index contributed by atoms with van der Waals surface area (Å²) >= 11 is 0. The molecule has 5 heteroatoms. The number of carboxylic acid groups (broad SMARTS) is 1. The first kappa shape index (κ1) is 15.7. The molecule has 0 spiro atoms. The van der Waals surface area contributed by atoms with Crippen LogP contribution in [-0.4, -0.2) is 33.8 Å². The second-order valence-electron chi connectivity index (χ2n) is 6.23. The van der Waals surface area contributed by atoms with Gasteiger partial charge in [0, 0.05) is 6.42 Å². The summed E-state index contributed by atoms with van der Waals surface area (Å²) in [6, 6.07) is -0.557. The van der Waals surface area contributed by atoms with E-state index in [9.17, 15) is 14.4 Å². The highest BCUT2D eigenvalue weighted by Crippen LogP contribution is 2.41. The van der Waals surface area contributed by atoms with Gasteiger partial charge in [0.05, 0.1) is 17.9 Å². The molecule has 0 aromatic carbocycles. The van der Waals surface area contributed by atoms with Crippen LogP contribution in [0.2, 0.25) is 0 Å². The Hall–Kier alpha value is -1.39. The zero-order chi connectivity index (χ0) is 15.0. The van der Waals surface area contributed by atoms with E-state index >= 15 is 0 Å². The van der Waals surface area contributed by atoms with Crippen LogP contribution in [0.15, 0.2) is 0 Å². The van der Waals surface area contributed by atoms with Gasteiger partial charge in [-0.2, -0.15) is 0 Å². The minimum atomic E-state index is -0.988. The first-order chi connectivity index (χ1) is 8.61. The van der Waals surface area contributed by atoms with E-state index < -0.39 is 17.4 Å². The average Bonchev–Trinajstić information content (AvgIpc) is 2.48. The second kappa shape index (κ2) is 5.31. The molecule has 0 saturated carbocycles. The van der Waals surface area contributed by atoms with E-state index in [1.54, 1.807) is 6.92 Å². The fourth-order valence-electron chi connectivity index (χ4n) is 2.45. The van der Waals surface area contributed by atoms with E-state index in [1.807, 2.05) is 27.7 Å². The number of carbonyl (C=O) groups is 3. The Labute approximate surface area is 114 Å². The highest BCUT2D eigenvalue weighted by atomic mass is 16.4. The molecular weight excluding hydrogens is 246 g/mol. The van der Waals surface area contributed by atoms with Crippen molar-refractivity contribution in [1.29, 1.82) is 0 Å². The number of hydrogen-bond donors (Lipinski definition) is 1. The molecular formula is C14H23NO4. The zero-order valence-corrected chi connectivity index (χ0v) is 12.3. The summed E-state index contributed by atoms with van der Waals surface area (Å²) in [5.41, 5.74) is -0.706. The molecule has 2 amide bonds. The lowest BCUT2D eigenvalue weighted by atomic mass is 9.77. The molecule has 1 aliphatic rings. The molecule has 1 aliphatic heterocycles. The van der Waals surface area contributed by atoms with E-state index in [0.29, 0.717) is 0 Å². The molecule has 108 valence electrons. The summed E-state index contributed by atoms with van der Waals surface area (Å²) in [6.45, 7) is 9.28. The minimum absolute atomic E-state index is 0.0478. The number of hydrogen-bond acceptors (Lipinski definition) is 3. The number of rotatable bonds is 5. The Kier molecular flexibility index (Phi) is 4.38. The summed E-state index contributed by atoms with van der Waals surface area (Å²) in [4.78, 5) is 36.8. The second-order valence-corrected chi connectivity index (χ2v) is 6.23. The fraction of sp³-hybridized carbons (Fsp3) is 0.786. The molecule has 0 aliphatic carbocycles. The van der Waals surface area contributed by atoms with Crippen LogP contribution < -0.4 is 0 Å². The third kappa shape index (κ3) is 2.80. The highest BCUT2D eigenvalue weighted by molar-refractivity contribution is 6.06. The number of carbonyl (C=O) groups excluding carboxylic acids is 2. The molecule has 1 N–H and O–H groups in total. The molecule has 1 fully saturated rings. The van der Waals surface area contributed by atoms with Crippen molar-refractivity contribution in [3.63, 3.8) is 0 Å². The van der Waals surface area contributed by atoms with Gasteiger partial charge in [-0.25, -0.2) is 0 Å². The van der Waals surface area contributed by atoms with Gasteiger partial charge in [-0.05, 0) is 18.8 Å². The predicted molar refractivity (Wildman–Crippen MR) is 70.3 cm³/mol. The lowest BCUT2D eigenvalue weighted by molar-refractivity contribution is -0.148. The molecule has 1 saturated heterocycles. The number of imide groups is 1. The van der Waals surface area contributed by atoms with Gasteiger partial charge < -0.3 is 5.11 Å². The van der Waals surface area contributed by atoms with Crippen LogP contribution in [0, 0.1) is 17.3 Å². The maximum absolute atomic E-state index is 12.5. The van der Waals surface area contributed by atoms with E-state index in [4.69, 9.17) is 5.11 Å². The predicted octanol–water partition coefficient (Wildman–Crippen LogP) is 1.91. The number of amides is 2. The van der Waals surface area contributed by atoms with Crippen LogP contribution in [0.25, 0.3) is 0 Å². The van der Waals surface area contributed by atoms with Crippen molar-refractivity contribution >= 4 is 17.8 Å². The van der Waals surface area contributed by atoms with Crippen molar-refractivity contribution in [1.82, 2.24) is 4.90 Å². The third-order valence-electron chi connectivity index (χ3n) is 4.25. The number of aliphatic carboxylic acids is 1. The van der Waals surface area contributed by atoms with Crippen LogP contribution >= 0.6 is 0 Å². The number of carboxylic acids is 1. The van der Waals surface area contributed by atoms with Crippen LogP contribution in [0.1, 0.15) is 47.5 Å². The molecule has 0 aromatic rings. The zero-order valence-electron chi connectivity index (χ0n) is 12.3. The fourth-order valence-corrected chi connectivity index (χ4v) is 2.45. The van der Waals surface area contributed by atoms with Crippen molar-refractivity contribution in [3.8, 4) is 0 Å². The van der Waals surface area contributed by atoms with Gasteiger partial charge in [0.1, 0.15) is 0 Å². The molecule has 2 atom stereocenters. The van der Waals surface area contributed by atoms with Crippen molar-refractivity contribution in [2.45, 2.75) is 53.5 Å². The number of likely N-dealkylation sites (tertiary alicyclic amines) is 1. The van der Waals surface area contributed by atoms with Crippen molar-refractivity contribution in [2.24, 2.45) is 17.3 Å². The van der Waals surface area contributed by atoms with Gasteiger partial charge in [-0.15, -0.1) is 0 Å². The quantitative estimate of drug-likeness (QED) is 0.774. The van der Waals surface area contributed by atoms with Gasteiger partial charge in [-0.1, -0.05) is 27.7 Å². The van der Waals surface area contributed by atoms with Crippen molar-refractivity contribution in [3.05, 3.63) is 0 Å². The molecule has 1 heterocycles. The van der Waals surface area contributed by atoms with Crippen LogP contribution in [-0.2, 0) is 14.4 Å². The first-order valence-electron chi connectivity index (χ1n) is 6.69. The normalized spacial score (nSPS) is 25.5. The highest BCUT2D eigenvalue weighted by Gasteiger charge is 2.52. The molecule has 0 bridgehead atoms. The molecule has 5 nitrogen and oxygen atoms in total. The molecule has 19 heavy (non-hydrogen) atoms. The Balaban J connectivity index is 3.08. The van der Waals surface area contributed by atoms with E-state index in [-0.39, 0.29) is 36.5 Å². The smallest absolute Gasteiger partial charge is 0.305 e. The van der Waals surface area contributed by atoms with Crippen LogP contribution in [0.4, 0.5) is 0 Å². The van der Waals surface area contributed by atoms with Crippen LogP contribution in [0.5, 0.6) is 0 Å². The SMILES string of the molecule is CC(C)C(CC(=O)O)N1C(=O)CC(C)(C(C)C)C1=O. The topological polar surface area (TPSA) is 74.7 Å². The largest absolute Gasteiger partial charge is 0.481 e. The maximum atomic E-state index is 12.5. The van der Waals surface area contributed by atoms with Crippen molar-refractivity contribution < 1.29 is 19.5 Å². The Morgan fingerprint density at radius 2 is 1.84 bits per heavy atom. The lowest BCUT2D eigenvalue weighted by Crippen LogP contribution is -2.46. The Morgan fingerprint density at radius 3 is 2.16 bits per heavy atom. The lowest BCUT2D eigenvalue weighted by Gasteiger charge is -2.31. The summed E-state index contributed by atoms with van der Waals surface area (Å²) in [5.74, 6) is -1.49. The molecule has 0 radical (unpaired) electrons.